The van der Waals surface area contributed by atoms with E-state index in [-0.39, 0.29) is 0 Å². The van der Waals surface area contributed by atoms with Gasteiger partial charge in [-0.05, 0) is 5.56 Å². The van der Waals surface area contributed by atoms with E-state index in [0.29, 0.717) is 5.56 Å². The van der Waals surface area contributed by atoms with Crippen molar-refractivity contribution in [3.8, 4) is 0 Å². The molecule has 1 nitrogen and oxygen atoms in total. The second-order valence-corrected chi connectivity index (χ2v) is 3.57. The zero-order valence-electron chi connectivity index (χ0n) is 8.39. The molecule has 0 radical (unpaired) electrons. The van der Waals surface area contributed by atoms with Crippen molar-refractivity contribution < 1.29 is 26.7 Å². The Morgan fingerprint density at radius 1 is 0.941 bits per heavy atom. The average molecular weight is 250 g/mol. The molecule has 1 aromatic rings. The van der Waals surface area contributed by atoms with Gasteiger partial charge in [-0.25, -0.2) is 8.78 Å². The van der Waals surface area contributed by atoms with Crippen LogP contribution in [0.5, 0.6) is 0 Å². The number of hydrogen-bond donors (Lipinski definition) is 0. The van der Waals surface area contributed by atoms with Crippen molar-refractivity contribution in [2.75, 3.05) is 0 Å². The number of benzene rings is 1. The molecule has 2 rings (SSSR count). The van der Waals surface area contributed by atoms with Crippen LogP contribution in [0.25, 0.3) is 0 Å². The van der Waals surface area contributed by atoms with Gasteiger partial charge in [0.1, 0.15) is 0 Å². The quantitative estimate of drug-likeness (QED) is 0.744. The van der Waals surface area contributed by atoms with Crippen LogP contribution < -0.4 is 0 Å². The second kappa shape index (κ2) is 3.80. The Balaban J connectivity index is 2.11. The number of alkyl halides is 3. The summed E-state index contributed by atoms with van der Waals surface area (Å²) in [7, 11) is 0. The predicted octanol–water partition coefficient (Wildman–Crippen LogP) is 3.67. The fraction of sp³-hybridized carbons (Fsp3) is 0.273. The molecule has 1 aliphatic carbocycles. The highest BCUT2D eigenvalue weighted by Crippen LogP contribution is 2.56. The first kappa shape index (κ1) is 12.0. The summed E-state index contributed by atoms with van der Waals surface area (Å²) in [4.78, 5) is 0. The van der Waals surface area contributed by atoms with Gasteiger partial charge in [0.15, 0.2) is 0 Å². The van der Waals surface area contributed by atoms with Crippen LogP contribution in [0.15, 0.2) is 42.0 Å². The van der Waals surface area contributed by atoms with E-state index < -0.39 is 30.0 Å². The molecule has 0 saturated heterocycles. The van der Waals surface area contributed by atoms with E-state index in [0.717, 1.165) is 0 Å². The van der Waals surface area contributed by atoms with Gasteiger partial charge < -0.3 is 4.74 Å². The van der Waals surface area contributed by atoms with E-state index in [1.807, 2.05) is 0 Å². The molecule has 6 heteroatoms. The Morgan fingerprint density at radius 2 is 1.53 bits per heavy atom. The minimum Gasteiger partial charge on any atom is -0.331 e. The Bertz CT molecular complexity index is 456. The van der Waals surface area contributed by atoms with Crippen LogP contribution in [0.4, 0.5) is 22.0 Å². The first-order chi connectivity index (χ1) is 7.89. The fourth-order valence-electron chi connectivity index (χ4n) is 1.41. The molecule has 0 aromatic heterocycles. The van der Waals surface area contributed by atoms with E-state index in [1.165, 1.54) is 12.1 Å². The lowest BCUT2D eigenvalue weighted by Gasteiger charge is -2.38. The number of rotatable bonds is 3. The molecule has 0 N–H and O–H groups in total. The van der Waals surface area contributed by atoms with Crippen LogP contribution in [0.3, 0.4) is 0 Å². The second-order valence-electron chi connectivity index (χ2n) is 3.57. The Labute approximate surface area is 93.5 Å². The maximum atomic E-state index is 13.4. The van der Waals surface area contributed by atoms with E-state index in [4.69, 9.17) is 0 Å². The SMILES string of the molecule is FC1=C(F)C(F)(OCc2ccccc2)C1(F)F. The smallest absolute Gasteiger partial charge is 0.331 e. The zero-order chi connectivity index (χ0) is 12.7. The van der Waals surface area contributed by atoms with Gasteiger partial charge in [-0.2, -0.15) is 13.2 Å². The summed E-state index contributed by atoms with van der Waals surface area (Å²) in [5.41, 5.74) is 0.375. The standard InChI is InChI=1S/C11H7F5O/c12-8-9(13)11(16,10(8,14)15)17-6-7-4-2-1-3-5-7/h1-5H,6H2. The van der Waals surface area contributed by atoms with Crippen LogP contribution >= 0.6 is 0 Å². The third-order valence-electron chi connectivity index (χ3n) is 2.44. The number of halogens is 5. The van der Waals surface area contributed by atoms with Gasteiger partial charge >= 0.3 is 11.8 Å². The van der Waals surface area contributed by atoms with Crippen LogP contribution in [-0.4, -0.2) is 11.8 Å². The lowest BCUT2D eigenvalue weighted by molar-refractivity contribution is -0.288. The van der Waals surface area contributed by atoms with Crippen molar-refractivity contribution in [1.29, 1.82) is 0 Å². The van der Waals surface area contributed by atoms with Crippen molar-refractivity contribution >= 4 is 0 Å². The lowest BCUT2D eigenvalue weighted by Crippen LogP contribution is -2.56. The molecule has 1 aromatic carbocycles. The number of hydrogen-bond acceptors (Lipinski definition) is 1. The third-order valence-corrected chi connectivity index (χ3v) is 2.44. The summed E-state index contributed by atoms with van der Waals surface area (Å²) in [6.07, 6.45) is 0. The molecule has 0 aliphatic heterocycles. The Kier molecular flexibility index (Phi) is 2.69. The molecule has 1 atom stereocenters. The highest BCUT2D eigenvalue weighted by atomic mass is 19.3. The van der Waals surface area contributed by atoms with Gasteiger partial charge in [0, 0.05) is 0 Å². The predicted molar refractivity (Wildman–Crippen MR) is 49.3 cm³/mol. The molecule has 0 amide bonds. The molecule has 1 aliphatic rings. The topological polar surface area (TPSA) is 9.23 Å². The molecule has 0 bridgehead atoms. The monoisotopic (exact) mass is 250 g/mol. The van der Waals surface area contributed by atoms with E-state index in [2.05, 4.69) is 4.74 Å². The van der Waals surface area contributed by atoms with E-state index in [9.17, 15) is 22.0 Å². The number of ether oxygens (including phenoxy) is 1. The van der Waals surface area contributed by atoms with Gasteiger partial charge in [-0.1, -0.05) is 30.3 Å². The van der Waals surface area contributed by atoms with Gasteiger partial charge in [0.25, 0.3) is 0 Å². The summed E-state index contributed by atoms with van der Waals surface area (Å²) in [5.74, 6) is -13.2. The molecule has 92 valence electrons. The molecule has 0 saturated carbocycles. The molecule has 0 spiro atoms. The van der Waals surface area contributed by atoms with Gasteiger partial charge in [0.05, 0.1) is 6.61 Å². The molecule has 0 heterocycles. The minimum atomic E-state index is -4.56. The first-order valence-corrected chi connectivity index (χ1v) is 4.70. The van der Waals surface area contributed by atoms with Gasteiger partial charge in [-0.15, -0.1) is 0 Å². The molecule has 1 unspecified atom stereocenters. The minimum absolute atomic E-state index is 0.375. The molecular formula is C11H7F5O. The summed E-state index contributed by atoms with van der Waals surface area (Å²) >= 11 is 0. The summed E-state index contributed by atoms with van der Waals surface area (Å²) < 4.78 is 68.1. The lowest BCUT2D eigenvalue weighted by atomic mass is 9.95. The maximum Gasteiger partial charge on any atom is 0.365 e. The van der Waals surface area contributed by atoms with Crippen LogP contribution in [0.2, 0.25) is 0 Å². The maximum absolute atomic E-state index is 13.4. The summed E-state index contributed by atoms with van der Waals surface area (Å²) in [6.45, 7) is -0.576. The van der Waals surface area contributed by atoms with Crippen LogP contribution in [0.1, 0.15) is 5.56 Å². The first-order valence-electron chi connectivity index (χ1n) is 4.70. The third kappa shape index (κ3) is 1.63. The summed E-state index contributed by atoms with van der Waals surface area (Å²) in [5, 5.41) is 0. The normalized spacial score (nSPS) is 26.9. The van der Waals surface area contributed by atoms with Crippen molar-refractivity contribution in [3.05, 3.63) is 47.5 Å². The van der Waals surface area contributed by atoms with Crippen LogP contribution in [-0.2, 0) is 11.3 Å². The molecular weight excluding hydrogens is 243 g/mol. The molecule has 0 fully saturated rings. The van der Waals surface area contributed by atoms with E-state index in [1.54, 1.807) is 18.2 Å². The van der Waals surface area contributed by atoms with E-state index >= 15 is 0 Å². The Morgan fingerprint density at radius 3 is 2.06 bits per heavy atom. The van der Waals surface area contributed by atoms with Crippen LogP contribution in [0, 0.1) is 0 Å². The van der Waals surface area contributed by atoms with Crippen molar-refractivity contribution in [1.82, 2.24) is 0 Å². The van der Waals surface area contributed by atoms with Crippen molar-refractivity contribution in [2.45, 2.75) is 18.4 Å². The largest absolute Gasteiger partial charge is 0.365 e. The highest BCUT2D eigenvalue weighted by Gasteiger charge is 2.74. The van der Waals surface area contributed by atoms with Gasteiger partial charge in [-0.3, -0.25) is 0 Å². The van der Waals surface area contributed by atoms with Crippen molar-refractivity contribution in [2.24, 2.45) is 0 Å². The zero-order valence-corrected chi connectivity index (χ0v) is 8.39. The highest BCUT2D eigenvalue weighted by molar-refractivity contribution is 5.35. The van der Waals surface area contributed by atoms with Gasteiger partial charge in [0.2, 0.25) is 11.7 Å². The fourth-order valence-corrected chi connectivity index (χ4v) is 1.41. The average Bonchev–Trinajstić information content (AvgIpc) is 2.35. The Hall–Kier alpha value is -1.43. The van der Waals surface area contributed by atoms with Crippen molar-refractivity contribution in [3.63, 3.8) is 0 Å². The molecule has 17 heavy (non-hydrogen) atoms. The summed E-state index contributed by atoms with van der Waals surface area (Å²) in [6, 6.07) is 7.79.